The zero-order valence-corrected chi connectivity index (χ0v) is 17.9. The molecule has 0 bridgehead atoms. The third-order valence-corrected chi connectivity index (χ3v) is 6.23. The Hall–Kier alpha value is -2.84. The van der Waals surface area contributed by atoms with E-state index >= 15 is 0 Å². The predicted octanol–water partition coefficient (Wildman–Crippen LogP) is 3.87. The van der Waals surface area contributed by atoms with E-state index < -0.39 is 22.9 Å². The monoisotopic (exact) mass is 433 g/mol. The van der Waals surface area contributed by atoms with Gasteiger partial charge in [0.1, 0.15) is 11.5 Å². The maximum Gasteiger partial charge on any atom is 0.262 e. The Morgan fingerprint density at radius 2 is 1.50 bits per heavy atom. The topological polar surface area (TPSA) is 73.7 Å². The summed E-state index contributed by atoms with van der Waals surface area (Å²) in [6.07, 6.45) is 1.20. The first-order valence-corrected chi connectivity index (χ1v) is 10.6. The fourth-order valence-electron chi connectivity index (χ4n) is 2.86. The van der Waals surface area contributed by atoms with Crippen molar-refractivity contribution >= 4 is 10.0 Å². The summed E-state index contributed by atoms with van der Waals surface area (Å²) in [6, 6.07) is 13.1. The van der Waals surface area contributed by atoms with Crippen molar-refractivity contribution in [2.45, 2.75) is 37.9 Å². The molecular weight excluding hydrogens is 402 g/mol. The third-order valence-electron chi connectivity index (χ3n) is 4.55. The molecule has 0 spiro atoms. The maximum atomic E-state index is 13.6. The number of hydrogen-bond acceptors (Lipinski definition) is 5. The van der Waals surface area contributed by atoms with Gasteiger partial charge in [-0.15, -0.1) is 0 Å². The van der Waals surface area contributed by atoms with E-state index in [1.165, 1.54) is 16.6 Å². The van der Waals surface area contributed by atoms with Crippen molar-refractivity contribution in [3.8, 4) is 11.5 Å². The molecule has 1 unspecified atom stereocenters. The van der Waals surface area contributed by atoms with Crippen molar-refractivity contribution in [3.63, 3.8) is 0 Å². The molecule has 0 saturated carbocycles. The number of sulfonamides is 1. The minimum Gasteiger partial charge on any atom is -0.497 e. The summed E-state index contributed by atoms with van der Waals surface area (Å²) in [5, 5.41) is 3.64. The average Bonchev–Trinajstić information content (AvgIpc) is 3.31. The highest BCUT2D eigenvalue weighted by atomic mass is 32.2. The first-order chi connectivity index (χ1) is 15.9. The second-order valence-electron chi connectivity index (χ2n) is 6.65. The van der Waals surface area contributed by atoms with Crippen LogP contribution in [0.3, 0.4) is 0 Å². The Morgan fingerprint density at radius 1 is 1.00 bits per heavy atom. The van der Waals surface area contributed by atoms with Crippen LogP contribution in [0, 0.1) is 0 Å². The smallest absolute Gasteiger partial charge is 0.262 e. The molecule has 0 N–H and O–H groups in total. The molecule has 0 aliphatic rings. The highest BCUT2D eigenvalue weighted by Crippen LogP contribution is 2.23. The lowest BCUT2D eigenvalue weighted by molar-refractivity contribution is 0.394. The quantitative estimate of drug-likeness (QED) is 0.512. The van der Waals surface area contributed by atoms with E-state index in [0.717, 1.165) is 22.7 Å². The van der Waals surface area contributed by atoms with Crippen molar-refractivity contribution in [3.05, 3.63) is 71.9 Å². The van der Waals surface area contributed by atoms with E-state index in [9.17, 15) is 8.42 Å². The van der Waals surface area contributed by atoms with Gasteiger partial charge in [-0.3, -0.25) is 4.68 Å². The first kappa shape index (κ1) is 16.9. The molecule has 2 aromatic carbocycles. The molecule has 0 fully saturated rings. The lowest BCUT2D eigenvalue weighted by atomic mass is 10.2. The summed E-state index contributed by atoms with van der Waals surface area (Å²) >= 11 is 0. The molecule has 3 aromatic rings. The summed E-state index contributed by atoms with van der Waals surface area (Å²) in [4.78, 5) is 0. The highest BCUT2D eigenvalue weighted by Gasteiger charge is 2.27. The summed E-state index contributed by atoms with van der Waals surface area (Å²) in [5.74, 6) is 1.29. The van der Waals surface area contributed by atoms with Gasteiger partial charge in [0.2, 0.25) is 0 Å². The second-order valence-corrected chi connectivity index (χ2v) is 8.54. The van der Waals surface area contributed by atoms with Crippen molar-refractivity contribution in [2.75, 3.05) is 14.2 Å². The van der Waals surface area contributed by atoms with Gasteiger partial charge in [-0.2, -0.15) is 9.40 Å². The van der Waals surface area contributed by atoms with E-state index in [-0.39, 0.29) is 18.1 Å². The first-order valence-electron chi connectivity index (χ1n) is 11.2. The SMILES string of the molecule is [2H]C([2H])([2H])C([2H])(C)n1ccc(S(=O)(=O)N(Cc2ccc(OC)cc2)Cc2ccc(OC)cc2)n1. The lowest BCUT2D eigenvalue weighted by Gasteiger charge is -2.22. The van der Waals surface area contributed by atoms with E-state index in [0.29, 0.717) is 11.5 Å². The van der Waals surface area contributed by atoms with Crippen LogP contribution in [-0.4, -0.2) is 36.7 Å². The molecule has 7 nitrogen and oxygen atoms in total. The third kappa shape index (κ3) is 5.01. The van der Waals surface area contributed by atoms with Gasteiger partial charge >= 0.3 is 0 Å². The van der Waals surface area contributed by atoms with Crippen LogP contribution in [-0.2, 0) is 23.1 Å². The molecule has 0 aliphatic carbocycles. The lowest BCUT2D eigenvalue weighted by Crippen LogP contribution is -2.30. The van der Waals surface area contributed by atoms with E-state index in [4.69, 9.17) is 15.0 Å². The van der Waals surface area contributed by atoms with Crippen LogP contribution in [0.4, 0.5) is 0 Å². The minimum absolute atomic E-state index is 0.0443. The van der Waals surface area contributed by atoms with Crippen LogP contribution >= 0.6 is 0 Å². The van der Waals surface area contributed by atoms with Gasteiger partial charge in [-0.1, -0.05) is 24.3 Å². The molecule has 0 saturated heterocycles. The number of hydrogen-bond donors (Lipinski definition) is 0. The van der Waals surface area contributed by atoms with Gasteiger partial charge in [0.25, 0.3) is 10.0 Å². The predicted molar refractivity (Wildman–Crippen MR) is 115 cm³/mol. The molecule has 0 radical (unpaired) electrons. The molecule has 8 heteroatoms. The Bertz CT molecular complexity index is 1160. The van der Waals surface area contributed by atoms with Crippen molar-refractivity contribution < 1.29 is 23.4 Å². The van der Waals surface area contributed by atoms with Crippen LogP contribution in [0.5, 0.6) is 11.5 Å². The molecule has 0 aliphatic heterocycles. The number of ether oxygens (including phenoxy) is 2. The van der Waals surface area contributed by atoms with Gasteiger partial charge in [0, 0.05) is 29.4 Å². The Morgan fingerprint density at radius 3 is 1.93 bits per heavy atom. The van der Waals surface area contributed by atoms with Crippen molar-refractivity contribution in [1.82, 2.24) is 14.1 Å². The Labute approximate surface area is 183 Å². The summed E-state index contributed by atoms with van der Waals surface area (Å²) in [5.41, 5.74) is 1.45. The van der Waals surface area contributed by atoms with Crippen LogP contribution in [0.1, 0.15) is 36.4 Å². The van der Waals surface area contributed by atoms with E-state index in [2.05, 4.69) is 5.10 Å². The van der Waals surface area contributed by atoms with Gasteiger partial charge in [0.15, 0.2) is 5.03 Å². The molecule has 0 amide bonds. The minimum atomic E-state index is -4.14. The van der Waals surface area contributed by atoms with Crippen LogP contribution < -0.4 is 9.47 Å². The fraction of sp³-hybridized carbons (Fsp3) is 0.318. The number of methoxy groups -OCH3 is 2. The molecule has 160 valence electrons. The number of nitrogens with zero attached hydrogens (tertiary/aromatic N) is 3. The van der Waals surface area contributed by atoms with Gasteiger partial charge in [0.05, 0.1) is 15.6 Å². The second kappa shape index (κ2) is 9.32. The fourth-order valence-corrected chi connectivity index (χ4v) is 4.19. The molecule has 1 aromatic heterocycles. The largest absolute Gasteiger partial charge is 0.497 e. The van der Waals surface area contributed by atoms with Crippen molar-refractivity contribution in [2.24, 2.45) is 0 Å². The number of rotatable bonds is 9. The molecule has 30 heavy (non-hydrogen) atoms. The van der Waals surface area contributed by atoms with Crippen molar-refractivity contribution in [1.29, 1.82) is 0 Å². The normalized spacial score (nSPS) is 16.1. The average molecular weight is 434 g/mol. The summed E-state index contributed by atoms with van der Waals surface area (Å²) in [6.45, 7) is -1.45. The molecule has 1 heterocycles. The maximum absolute atomic E-state index is 13.6. The van der Waals surface area contributed by atoms with Gasteiger partial charge in [-0.05, 0) is 55.2 Å². The zero-order valence-electron chi connectivity index (χ0n) is 21.1. The summed E-state index contributed by atoms with van der Waals surface area (Å²) < 4.78 is 70.5. The van der Waals surface area contributed by atoms with E-state index in [1.54, 1.807) is 62.8 Å². The number of benzene rings is 2. The van der Waals surface area contributed by atoms with Gasteiger partial charge in [-0.25, -0.2) is 8.42 Å². The zero-order chi connectivity index (χ0) is 25.1. The molecular formula is C22H27N3O4S. The number of aromatic nitrogens is 2. The molecule has 3 rings (SSSR count). The highest BCUT2D eigenvalue weighted by molar-refractivity contribution is 7.89. The summed E-state index contributed by atoms with van der Waals surface area (Å²) in [7, 11) is -1.05. The molecule has 1 atom stereocenters. The standard InChI is InChI=1S/C22H27N3O4S/c1-17(2)25-14-13-22(23-25)30(26,27)24(15-18-5-9-20(28-3)10-6-18)16-19-7-11-21(29-4)12-8-19/h5-14,17H,15-16H2,1-4H3/i1D3,17D. The van der Waals surface area contributed by atoms with Crippen LogP contribution in [0.2, 0.25) is 0 Å². The van der Waals surface area contributed by atoms with Crippen LogP contribution in [0.15, 0.2) is 65.8 Å². The van der Waals surface area contributed by atoms with E-state index in [1.807, 2.05) is 0 Å². The Kier molecular flexibility index (Phi) is 5.25. The van der Waals surface area contributed by atoms with Gasteiger partial charge < -0.3 is 9.47 Å². The van der Waals surface area contributed by atoms with Crippen LogP contribution in [0.25, 0.3) is 0 Å². The Balaban J connectivity index is 1.97.